The number of hydrogen-bond donors (Lipinski definition) is 4. The maximum atomic E-state index is 9.95. The molecule has 4 N–H and O–H groups in total. The average Bonchev–Trinajstić information content (AvgIpc) is 3.07. The number of aromatic nitrogens is 2. The zero-order valence-electron chi connectivity index (χ0n) is 16.2. The Morgan fingerprint density at radius 2 is 1.93 bits per heavy atom. The first-order valence-electron chi connectivity index (χ1n) is 8.72. The highest BCUT2D eigenvalue weighted by atomic mass is 32.1. The number of β-amino-alcohol motifs (C(OH)–C–C–N with tert-alkyl or cyclic N) is 1. The van der Waals surface area contributed by atoms with Gasteiger partial charge in [-0.3, -0.25) is 0 Å². The minimum atomic E-state index is -1.23. The average molecular weight is 407 g/mol. The number of ether oxygens (including phenoxy) is 2. The first-order valence-corrected chi connectivity index (χ1v) is 9.45. The summed E-state index contributed by atoms with van der Waals surface area (Å²) in [5.74, 6) is 0.0611. The Kier molecular flexibility index (Phi) is 9.88. The van der Waals surface area contributed by atoms with Crippen molar-refractivity contribution in [2.24, 2.45) is 0 Å². The molecule has 10 nitrogen and oxygen atoms in total. The van der Waals surface area contributed by atoms with Crippen LogP contribution in [0.1, 0.15) is 27.7 Å². The van der Waals surface area contributed by atoms with E-state index in [1.807, 2.05) is 0 Å². The zero-order chi connectivity index (χ0) is 20.4. The summed E-state index contributed by atoms with van der Waals surface area (Å²) in [5, 5.41) is 29.0. The van der Waals surface area contributed by atoms with Crippen LogP contribution in [0.3, 0.4) is 0 Å². The van der Waals surface area contributed by atoms with Crippen molar-refractivity contribution in [1.82, 2.24) is 14.1 Å². The van der Waals surface area contributed by atoms with Gasteiger partial charge in [-0.15, -0.1) is 4.37 Å². The number of anilines is 1. The van der Waals surface area contributed by atoms with Crippen molar-refractivity contribution in [2.45, 2.75) is 45.4 Å². The van der Waals surface area contributed by atoms with E-state index < -0.39 is 18.2 Å². The van der Waals surface area contributed by atoms with Gasteiger partial charge in [-0.25, -0.2) is 4.79 Å². The minimum absolute atomic E-state index is 0.0257. The van der Waals surface area contributed by atoms with E-state index in [0.717, 1.165) is 30.6 Å². The number of nitrogens with one attached hydrogen (secondary N) is 1. The Morgan fingerprint density at radius 3 is 2.44 bits per heavy atom. The second-order valence-electron chi connectivity index (χ2n) is 7.10. The fourth-order valence-electron chi connectivity index (χ4n) is 1.89. The van der Waals surface area contributed by atoms with Crippen LogP contribution in [0.4, 0.5) is 5.82 Å². The molecular weight excluding hydrogens is 376 g/mol. The van der Waals surface area contributed by atoms with E-state index in [9.17, 15) is 9.90 Å². The minimum Gasteiger partial charge on any atom is -0.479 e. The van der Waals surface area contributed by atoms with Crippen molar-refractivity contribution in [3.63, 3.8) is 0 Å². The second kappa shape index (κ2) is 11.3. The molecule has 27 heavy (non-hydrogen) atoms. The van der Waals surface area contributed by atoms with E-state index in [1.165, 1.54) is 6.92 Å². The van der Waals surface area contributed by atoms with Crippen molar-refractivity contribution in [1.29, 1.82) is 0 Å². The summed E-state index contributed by atoms with van der Waals surface area (Å²) in [5.41, 5.74) is -0.0257. The lowest BCUT2D eigenvalue weighted by atomic mass is 10.1. The highest BCUT2D eigenvalue weighted by molar-refractivity contribution is 6.99. The number of aliphatic hydroxyl groups is 2. The molecular formula is C16H30N4O6S. The molecule has 11 heteroatoms. The number of aliphatic hydroxyl groups excluding tert-OH is 2. The van der Waals surface area contributed by atoms with Gasteiger partial charge in [0.25, 0.3) is 5.88 Å². The van der Waals surface area contributed by atoms with Crippen LogP contribution >= 0.6 is 11.7 Å². The van der Waals surface area contributed by atoms with Crippen LogP contribution in [-0.4, -0.2) is 87.2 Å². The van der Waals surface area contributed by atoms with Crippen molar-refractivity contribution in [2.75, 3.05) is 44.4 Å². The standard InChI is InChI=1S/C13H24N4O3S.C3H6O3/c1-13(2,3)14-8-10(18)9-20-12-11(15-21-16-12)17-4-6-19-7-5-17;1-2(4)3(5)6/h10,14,18H,4-9H2,1-3H3;2,4H,1H3,(H,5,6). The van der Waals surface area contributed by atoms with E-state index >= 15 is 0 Å². The van der Waals surface area contributed by atoms with Gasteiger partial charge in [-0.2, -0.15) is 4.37 Å². The summed E-state index contributed by atoms with van der Waals surface area (Å²) < 4.78 is 19.4. The van der Waals surface area contributed by atoms with E-state index in [2.05, 4.69) is 39.7 Å². The van der Waals surface area contributed by atoms with Crippen LogP contribution < -0.4 is 15.0 Å². The lowest BCUT2D eigenvalue weighted by Gasteiger charge is -2.27. The van der Waals surface area contributed by atoms with Crippen LogP contribution in [0.5, 0.6) is 5.88 Å². The molecule has 0 radical (unpaired) electrons. The van der Waals surface area contributed by atoms with Gasteiger partial charge in [0.2, 0.25) is 5.82 Å². The van der Waals surface area contributed by atoms with Gasteiger partial charge in [-0.05, 0) is 27.7 Å². The third-order valence-corrected chi connectivity index (χ3v) is 3.89. The number of aliphatic carboxylic acids is 1. The molecule has 0 spiro atoms. The normalized spacial score (nSPS) is 16.9. The summed E-state index contributed by atoms with van der Waals surface area (Å²) in [6, 6.07) is 0. The van der Waals surface area contributed by atoms with Crippen molar-refractivity contribution in [3.8, 4) is 5.88 Å². The predicted molar refractivity (Wildman–Crippen MR) is 102 cm³/mol. The monoisotopic (exact) mass is 406 g/mol. The molecule has 2 heterocycles. The van der Waals surface area contributed by atoms with E-state index in [0.29, 0.717) is 25.6 Å². The topological polar surface area (TPSA) is 137 Å². The maximum Gasteiger partial charge on any atom is 0.332 e. The Balaban J connectivity index is 0.000000527. The van der Waals surface area contributed by atoms with Gasteiger partial charge in [0.1, 0.15) is 18.8 Å². The molecule has 156 valence electrons. The molecule has 0 bridgehead atoms. The molecule has 0 aromatic carbocycles. The maximum absolute atomic E-state index is 9.95. The van der Waals surface area contributed by atoms with Crippen LogP contribution in [0.2, 0.25) is 0 Å². The Hall–Kier alpha value is -1.53. The Morgan fingerprint density at radius 1 is 1.33 bits per heavy atom. The molecule has 1 saturated heterocycles. The van der Waals surface area contributed by atoms with Gasteiger partial charge in [0, 0.05) is 25.2 Å². The SMILES string of the molecule is CC(C)(C)NCC(O)COc1nsnc1N1CCOCC1.CC(O)C(=O)O. The van der Waals surface area contributed by atoms with Crippen LogP contribution in [0.15, 0.2) is 0 Å². The number of carbonyl (C=O) groups is 1. The lowest BCUT2D eigenvalue weighted by molar-refractivity contribution is -0.145. The van der Waals surface area contributed by atoms with Gasteiger partial charge >= 0.3 is 5.97 Å². The second-order valence-corrected chi connectivity index (χ2v) is 7.63. The third-order valence-electron chi connectivity index (χ3n) is 3.39. The molecule has 2 rings (SSSR count). The highest BCUT2D eigenvalue weighted by Gasteiger charge is 2.21. The van der Waals surface area contributed by atoms with Crippen LogP contribution in [0.25, 0.3) is 0 Å². The van der Waals surface area contributed by atoms with Gasteiger partial charge in [0.15, 0.2) is 0 Å². The van der Waals surface area contributed by atoms with Crippen molar-refractivity contribution < 1.29 is 29.6 Å². The molecule has 1 aromatic rings. The van der Waals surface area contributed by atoms with Crippen molar-refractivity contribution >= 4 is 23.5 Å². The number of nitrogens with zero attached hydrogens (tertiary/aromatic N) is 3. The Labute approximate surface area is 163 Å². The van der Waals surface area contributed by atoms with Crippen molar-refractivity contribution in [3.05, 3.63) is 0 Å². The van der Waals surface area contributed by atoms with E-state index in [4.69, 9.17) is 19.7 Å². The molecule has 1 aromatic heterocycles. The lowest BCUT2D eigenvalue weighted by Crippen LogP contribution is -2.42. The number of rotatable bonds is 7. The molecule has 0 amide bonds. The number of carboxylic acids is 1. The summed E-state index contributed by atoms with van der Waals surface area (Å²) >= 11 is 1.12. The first kappa shape index (κ1) is 23.5. The predicted octanol–water partition coefficient (Wildman–Crippen LogP) is -0.0457. The fourth-order valence-corrected chi connectivity index (χ4v) is 2.41. The molecule has 1 aliphatic rings. The molecule has 2 unspecified atom stereocenters. The van der Waals surface area contributed by atoms with E-state index in [1.54, 1.807) is 0 Å². The summed E-state index contributed by atoms with van der Waals surface area (Å²) in [6.07, 6.45) is -1.81. The number of carboxylic acid groups (broad SMARTS) is 1. The van der Waals surface area contributed by atoms with Crippen LogP contribution in [-0.2, 0) is 9.53 Å². The Bertz CT molecular complexity index is 557. The fraction of sp³-hybridized carbons (Fsp3) is 0.812. The van der Waals surface area contributed by atoms with Crippen LogP contribution in [0, 0.1) is 0 Å². The largest absolute Gasteiger partial charge is 0.479 e. The third kappa shape index (κ3) is 9.82. The smallest absolute Gasteiger partial charge is 0.332 e. The molecule has 0 aliphatic carbocycles. The molecule has 1 aliphatic heterocycles. The molecule has 1 fully saturated rings. The zero-order valence-corrected chi connectivity index (χ0v) is 17.0. The molecule has 2 atom stereocenters. The van der Waals surface area contributed by atoms with E-state index in [-0.39, 0.29) is 12.1 Å². The summed E-state index contributed by atoms with van der Waals surface area (Å²) in [6.45, 7) is 11.0. The van der Waals surface area contributed by atoms with Gasteiger partial charge < -0.3 is 35.0 Å². The quantitative estimate of drug-likeness (QED) is 0.488. The summed E-state index contributed by atoms with van der Waals surface area (Å²) in [7, 11) is 0. The highest BCUT2D eigenvalue weighted by Crippen LogP contribution is 2.26. The summed E-state index contributed by atoms with van der Waals surface area (Å²) in [4.78, 5) is 11.5. The number of hydrogen-bond acceptors (Lipinski definition) is 10. The van der Waals surface area contributed by atoms with Gasteiger partial charge in [0.05, 0.1) is 24.9 Å². The van der Waals surface area contributed by atoms with Gasteiger partial charge in [-0.1, -0.05) is 0 Å². The molecule has 0 saturated carbocycles. The first-order chi connectivity index (χ1) is 12.6. The number of morpholine rings is 1.